The average molecular weight is 454 g/mol. The predicted molar refractivity (Wildman–Crippen MR) is 126 cm³/mol. The first kappa shape index (κ1) is 23.0. The maximum absolute atomic E-state index is 13.2. The highest BCUT2D eigenvalue weighted by Crippen LogP contribution is 2.67. The van der Waals surface area contributed by atoms with Crippen LogP contribution in [0.15, 0.2) is 22.8 Å². The molecule has 3 saturated carbocycles. The van der Waals surface area contributed by atoms with Gasteiger partial charge in [-0.1, -0.05) is 12.5 Å². The van der Waals surface area contributed by atoms with Gasteiger partial charge in [0.1, 0.15) is 0 Å². The van der Waals surface area contributed by atoms with Gasteiger partial charge in [-0.15, -0.1) is 0 Å². The smallest absolute Gasteiger partial charge is 0.303 e. The zero-order valence-electron chi connectivity index (χ0n) is 20.5. The number of ether oxygens (including phenoxy) is 1. The summed E-state index contributed by atoms with van der Waals surface area (Å²) >= 11 is 0. The standard InChI is InChI=1S/C28H39NO4/c1-16(30)28(33-17(2)31)13-12-25-23-10-6-19-14-21(32)9-11-22(19)26(23)24(15-27(25,28)3)18-4-7-20(29)8-5-18/h14,18,20,23-25H,4-13,15,29H2,1-3H3/t18?,20?,23?,24?,25?,27-,28-/m0/s1. The third kappa shape index (κ3) is 3.48. The number of esters is 1. The van der Waals surface area contributed by atoms with Gasteiger partial charge in [0.15, 0.2) is 17.2 Å². The number of carbonyl (C=O) groups excluding carboxylic acids is 3. The summed E-state index contributed by atoms with van der Waals surface area (Å²) in [6.07, 6.45) is 12.2. The Morgan fingerprint density at radius 3 is 2.39 bits per heavy atom. The van der Waals surface area contributed by atoms with E-state index in [0.29, 0.717) is 42.6 Å². The first-order valence-corrected chi connectivity index (χ1v) is 13.1. The summed E-state index contributed by atoms with van der Waals surface area (Å²) in [5.41, 5.74) is 9.24. The summed E-state index contributed by atoms with van der Waals surface area (Å²) in [7, 11) is 0. The molecule has 5 aliphatic rings. The van der Waals surface area contributed by atoms with Crippen LogP contribution in [0.4, 0.5) is 0 Å². The Labute approximate surface area is 197 Å². The molecule has 180 valence electrons. The molecule has 0 radical (unpaired) electrons. The Bertz CT molecular complexity index is 940. The molecule has 0 saturated heterocycles. The van der Waals surface area contributed by atoms with Gasteiger partial charge in [-0.05, 0) is 112 Å². The Balaban J connectivity index is 1.63. The van der Waals surface area contributed by atoms with E-state index in [4.69, 9.17) is 10.5 Å². The molecule has 0 aliphatic heterocycles. The lowest BCUT2D eigenvalue weighted by molar-refractivity contribution is -0.184. The molecular formula is C28H39NO4. The molecule has 0 spiro atoms. The monoisotopic (exact) mass is 453 g/mol. The molecule has 2 N–H and O–H groups in total. The summed E-state index contributed by atoms with van der Waals surface area (Å²) in [5, 5.41) is 0. The molecule has 5 rings (SSSR count). The fourth-order valence-corrected chi connectivity index (χ4v) is 8.74. The zero-order valence-corrected chi connectivity index (χ0v) is 20.5. The number of hydrogen-bond acceptors (Lipinski definition) is 5. The molecule has 5 nitrogen and oxygen atoms in total. The molecule has 0 amide bonds. The number of hydrogen-bond donors (Lipinski definition) is 1. The Hall–Kier alpha value is -1.75. The maximum Gasteiger partial charge on any atom is 0.303 e. The molecule has 0 aromatic carbocycles. The molecule has 0 aromatic rings. The summed E-state index contributed by atoms with van der Waals surface area (Å²) in [6, 6.07) is 0.291. The first-order chi connectivity index (χ1) is 15.7. The van der Waals surface area contributed by atoms with Crippen molar-refractivity contribution in [3.8, 4) is 0 Å². The van der Waals surface area contributed by atoms with Crippen molar-refractivity contribution in [3.63, 3.8) is 0 Å². The van der Waals surface area contributed by atoms with Gasteiger partial charge in [0.05, 0.1) is 0 Å². The van der Waals surface area contributed by atoms with Gasteiger partial charge >= 0.3 is 5.97 Å². The zero-order chi connectivity index (χ0) is 23.5. The van der Waals surface area contributed by atoms with Crippen LogP contribution in [0, 0.1) is 29.1 Å². The number of carbonyl (C=O) groups is 3. The van der Waals surface area contributed by atoms with Crippen LogP contribution in [0.3, 0.4) is 0 Å². The first-order valence-electron chi connectivity index (χ1n) is 13.1. The lowest BCUT2D eigenvalue weighted by Gasteiger charge is -2.56. The van der Waals surface area contributed by atoms with Crippen molar-refractivity contribution in [2.24, 2.45) is 34.8 Å². The van der Waals surface area contributed by atoms with Gasteiger partial charge in [-0.3, -0.25) is 14.4 Å². The van der Waals surface area contributed by atoms with E-state index in [9.17, 15) is 14.4 Å². The number of fused-ring (bicyclic) bond motifs is 4. The average Bonchev–Trinajstić information content (AvgIpc) is 3.06. The van der Waals surface area contributed by atoms with E-state index in [2.05, 4.69) is 6.92 Å². The SMILES string of the molecule is CC(=O)O[C@]1(C(C)=O)CCC2C3CCC4=CC(=O)CCC4=C3C(C3CCC(N)CC3)C[C@@]21C. The van der Waals surface area contributed by atoms with E-state index in [1.54, 1.807) is 12.5 Å². The van der Waals surface area contributed by atoms with E-state index < -0.39 is 5.60 Å². The van der Waals surface area contributed by atoms with Crippen molar-refractivity contribution in [2.45, 2.75) is 103 Å². The Kier molecular flexibility index (Phi) is 5.70. The molecule has 5 atom stereocenters. The summed E-state index contributed by atoms with van der Waals surface area (Å²) < 4.78 is 6.01. The predicted octanol–water partition coefficient (Wildman–Crippen LogP) is 4.83. The minimum atomic E-state index is -1.01. The largest absolute Gasteiger partial charge is 0.451 e. The normalized spacial score (nSPS) is 42.7. The number of allylic oxidation sites excluding steroid dienone is 4. The topological polar surface area (TPSA) is 86.5 Å². The van der Waals surface area contributed by atoms with Gasteiger partial charge in [0.2, 0.25) is 0 Å². The molecule has 0 aromatic heterocycles. The number of nitrogens with two attached hydrogens (primary N) is 1. The Morgan fingerprint density at radius 2 is 1.73 bits per heavy atom. The van der Waals surface area contributed by atoms with Gasteiger partial charge in [0.25, 0.3) is 0 Å². The van der Waals surface area contributed by atoms with Gasteiger partial charge < -0.3 is 10.5 Å². The third-order valence-corrected chi connectivity index (χ3v) is 10.2. The highest BCUT2D eigenvalue weighted by atomic mass is 16.6. The number of ketones is 2. The minimum absolute atomic E-state index is 0.00266. The van der Waals surface area contributed by atoms with Crippen molar-refractivity contribution in [1.82, 2.24) is 0 Å². The number of Topliss-reactive ketones (excluding diaryl/α,β-unsaturated/α-hetero) is 1. The second-order valence-corrected chi connectivity index (χ2v) is 11.7. The van der Waals surface area contributed by atoms with Crippen LogP contribution in [-0.4, -0.2) is 29.2 Å². The van der Waals surface area contributed by atoms with Gasteiger partial charge in [0, 0.05) is 24.8 Å². The summed E-state index contributed by atoms with van der Waals surface area (Å²) in [5.74, 6) is 1.60. The Morgan fingerprint density at radius 1 is 1.00 bits per heavy atom. The molecule has 3 unspecified atom stereocenters. The van der Waals surface area contributed by atoms with E-state index in [1.165, 1.54) is 18.1 Å². The van der Waals surface area contributed by atoms with Crippen LogP contribution >= 0.6 is 0 Å². The summed E-state index contributed by atoms with van der Waals surface area (Å²) in [6.45, 7) is 5.30. The molecule has 5 aliphatic carbocycles. The maximum atomic E-state index is 13.2. The molecule has 5 heteroatoms. The number of rotatable bonds is 3. The fraction of sp³-hybridized carbons (Fsp3) is 0.750. The minimum Gasteiger partial charge on any atom is -0.451 e. The highest BCUT2D eigenvalue weighted by molar-refractivity contribution is 5.93. The third-order valence-electron chi connectivity index (χ3n) is 10.2. The van der Waals surface area contributed by atoms with Crippen molar-refractivity contribution >= 4 is 17.5 Å². The second-order valence-electron chi connectivity index (χ2n) is 11.7. The van der Waals surface area contributed by atoms with Gasteiger partial charge in [-0.25, -0.2) is 0 Å². The van der Waals surface area contributed by atoms with E-state index in [1.807, 2.05) is 6.08 Å². The molecule has 3 fully saturated rings. The van der Waals surface area contributed by atoms with E-state index >= 15 is 0 Å². The van der Waals surface area contributed by atoms with E-state index in [-0.39, 0.29) is 23.0 Å². The van der Waals surface area contributed by atoms with Crippen LogP contribution < -0.4 is 5.73 Å². The molecule has 33 heavy (non-hydrogen) atoms. The van der Waals surface area contributed by atoms with Crippen LogP contribution in [0.1, 0.15) is 91.4 Å². The van der Waals surface area contributed by atoms with Gasteiger partial charge in [-0.2, -0.15) is 0 Å². The van der Waals surface area contributed by atoms with Crippen molar-refractivity contribution in [2.75, 3.05) is 0 Å². The lowest BCUT2D eigenvalue weighted by Crippen LogP contribution is -2.58. The van der Waals surface area contributed by atoms with E-state index in [0.717, 1.165) is 57.8 Å². The molecule has 0 heterocycles. The van der Waals surface area contributed by atoms with Crippen molar-refractivity contribution in [1.29, 1.82) is 0 Å². The lowest BCUT2D eigenvalue weighted by atomic mass is 9.49. The van der Waals surface area contributed by atoms with Crippen molar-refractivity contribution in [3.05, 3.63) is 22.8 Å². The van der Waals surface area contributed by atoms with Crippen LogP contribution in [0.2, 0.25) is 0 Å². The summed E-state index contributed by atoms with van der Waals surface area (Å²) in [4.78, 5) is 37.6. The van der Waals surface area contributed by atoms with Crippen molar-refractivity contribution < 1.29 is 19.1 Å². The van der Waals surface area contributed by atoms with Crippen LogP contribution in [0.5, 0.6) is 0 Å². The quantitative estimate of drug-likeness (QED) is 0.619. The van der Waals surface area contributed by atoms with Crippen LogP contribution in [0.25, 0.3) is 0 Å². The second kappa shape index (κ2) is 8.18. The highest BCUT2D eigenvalue weighted by Gasteiger charge is 2.67. The van der Waals surface area contributed by atoms with Crippen LogP contribution in [-0.2, 0) is 19.1 Å². The molecule has 0 bridgehead atoms. The molecular weight excluding hydrogens is 414 g/mol. The fourth-order valence-electron chi connectivity index (χ4n) is 8.74.